The van der Waals surface area contributed by atoms with Gasteiger partial charge >= 0.3 is 0 Å². The average molecular weight is 604 g/mol. The molecule has 6 heteroatoms. The molecule has 0 saturated carbocycles. The van der Waals surface area contributed by atoms with Crippen LogP contribution in [0.25, 0.3) is 89.4 Å². The highest BCUT2D eigenvalue weighted by Crippen LogP contribution is 2.40. The summed E-state index contributed by atoms with van der Waals surface area (Å²) in [5, 5.41) is 4.06. The van der Waals surface area contributed by atoms with Crippen molar-refractivity contribution in [3.8, 4) is 56.7 Å². The number of furan rings is 1. The first-order valence-corrected chi connectivity index (χ1v) is 15.4. The van der Waals surface area contributed by atoms with Gasteiger partial charge in [0.1, 0.15) is 16.9 Å². The van der Waals surface area contributed by atoms with Crippen LogP contribution in [0, 0.1) is 0 Å². The molecule has 9 aromatic rings. The van der Waals surface area contributed by atoms with Crippen molar-refractivity contribution >= 4 is 32.7 Å². The summed E-state index contributed by atoms with van der Waals surface area (Å²) in [5.74, 6) is 1.86. The van der Waals surface area contributed by atoms with Gasteiger partial charge in [0, 0.05) is 39.9 Å². The highest BCUT2D eigenvalue weighted by Gasteiger charge is 2.19. The van der Waals surface area contributed by atoms with Crippen molar-refractivity contribution in [1.82, 2.24) is 24.9 Å². The van der Waals surface area contributed by atoms with E-state index in [9.17, 15) is 0 Å². The Balaban J connectivity index is 1.24. The van der Waals surface area contributed by atoms with Gasteiger partial charge in [0.05, 0.1) is 11.1 Å². The predicted molar refractivity (Wildman–Crippen MR) is 187 cm³/mol. The van der Waals surface area contributed by atoms with Gasteiger partial charge in [-0.1, -0.05) is 115 Å². The molecule has 0 atom stereocenters. The minimum absolute atomic E-state index is 0.606. The summed E-state index contributed by atoms with van der Waals surface area (Å²) in [6.45, 7) is 0. The van der Waals surface area contributed by atoms with E-state index in [4.69, 9.17) is 29.3 Å². The lowest BCUT2D eigenvalue weighted by Crippen LogP contribution is -2.00. The molecule has 0 saturated heterocycles. The summed E-state index contributed by atoms with van der Waals surface area (Å²) in [7, 11) is 0. The zero-order valence-electron chi connectivity index (χ0n) is 25.1. The van der Waals surface area contributed by atoms with Crippen LogP contribution in [-0.2, 0) is 0 Å². The third kappa shape index (κ3) is 4.71. The Labute approximate surface area is 270 Å². The maximum Gasteiger partial charge on any atom is 0.164 e. The number of fused-ring (bicyclic) bond motifs is 4. The Morgan fingerprint density at radius 1 is 0.404 bits per heavy atom. The molecule has 0 aliphatic heterocycles. The topological polar surface area (TPSA) is 77.6 Å². The Hall–Kier alpha value is -6.53. The van der Waals surface area contributed by atoms with Gasteiger partial charge in [0.25, 0.3) is 0 Å². The zero-order valence-corrected chi connectivity index (χ0v) is 25.1. The molecule has 0 aliphatic carbocycles. The SMILES string of the molecule is c1ccc(-c2nc(-c3ccccc3)nc(-c3cccc(-c4cccc5ccnc(-c6nccc7oc8ccccc8c67)c45)c3)n2)cc1. The number of nitrogens with zero attached hydrogens (tertiary/aromatic N) is 5. The summed E-state index contributed by atoms with van der Waals surface area (Å²) in [6.07, 6.45) is 3.64. The van der Waals surface area contributed by atoms with Crippen LogP contribution in [0.1, 0.15) is 0 Å². The maximum atomic E-state index is 6.20. The van der Waals surface area contributed by atoms with Gasteiger partial charge in [-0.2, -0.15) is 0 Å². The van der Waals surface area contributed by atoms with E-state index >= 15 is 0 Å². The number of hydrogen-bond donors (Lipinski definition) is 0. The molecule has 0 fully saturated rings. The molecule has 6 nitrogen and oxygen atoms in total. The first-order valence-electron chi connectivity index (χ1n) is 15.4. The normalized spacial score (nSPS) is 11.4. The van der Waals surface area contributed by atoms with Crippen LogP contribution in [-0.4, -0.2) is 24.9 Å². The predicted octanol–water partition coefficient (Wildman–Crippen LogP) is 10.0. The standard InChI is InChI=1S/C41H25N5O/c1-3-11-27(12-4-1)39-44-40(28-13-5-2-6-14-28)46-41(45-39)30-17-9-16-29(25-30)31-19-10-15-26-21-23-42-37(35(26)31)38-36-32-18-7-8-20-33(32)47-34(36)22-24-43-38/h1-25H. The second kappa shape index (κ2) is 11.1. The molecule has 0 amide bonds. The van der Waals surface area contributed by atoms with Gasteiger partial charge in [0.15, 0.2) is 17.5 Å². The van der Waals surface area contributed by atoms with Crippen molar-refractivity contribution in [3.05, 3.63) is 152 Å². The lowest BCUT2D eigenvalue weighted by atomic mass is 9.94. The van der Waals surface area contributed by atoms with Crippen LogP contribution in [0.3, 0.4) is 0 Å². The molecule has 0 aliphatic rings. The third-order valence-electron chi connectivity index (χ3n) is 8.44. The van der Waals surface area contributed by atoms with Crippen LogP contribution in [0.15, 0.2) is 156 Å². The van der Waals surface area contributed by atoms with E-state index in [1.54, 1.807) is 6.20 Å². The lowest BCUT2D eigenvalue weighted by molar-refractivity contribution is 0.668. The van der Waals surface area contributed by atoms with Crippen LogP contribution in [0.4, 0.5) is 0 Å². The molecule has 0 unspecified atom stereocenters. The minimum atomic E-state index is 0.606. The molecule has 4 aromatic heterocycles. The number of benzene rings is 5. The maximum absolute atomic E-state index is 6.20. The molecule has 0 N–H and O–H groups in total. The largest absolute Gasteiger partial charge is 0.456 e. The van der Waals surface area contributed by atoms with Gasteiger partial charge in [-0.15, -0.1) is 0 Å². The Morgan fingerprint density at radius 2 is 0.979 bits per heavy atom. The summed E-state index contributed by atoms with van der Waals surface area (Å²) >= 11 is 0. The highest BCUT2D eigenvalue weighted by atomic mass is 16.3. The number of hydrogen-bond acceptors (Lipinski definition) is 6. The molecule has 0 spiro atoms. The van der Waals surface area contributed by atoms with Gasteiger partial charge in [-0.3, -0.25) is 9.97 Å². The van der Waals surface area contributed by atoms with Crippen LogP contribution >= 0.6 is 0 Å². The Morgan fingerprint density at radius 3 is 1.72 bits per heavy atom. The minimum Gasteiger partial charge on any atom is -0.456 e. The van der Waals surface area contributed by atoms with E-state index in [0.29, 0.717) is 17.5 Å². The van der Waals surface area contributed by atoms with E-state index in [0.717, 1.165) is 71.9 Å². The molecule has 4 heterocycles. The van der Waals surface area contributed by atoms with Gasteiger partial charge < -0.3 is 4.42 Å². The zero-order chi connectivity index (χ0) is 31.2. The van der Waals surface area contributed by atoms with Crippen molar-refractivity contribution in [2.45, 2.75) is 0 Å². The number of rotatable bonds is 5. The second-order valence-electron chi connectivity index (χ2n) is 11.3. The second-order valence-corrected chi connectivity index (χ2v) is 11.3. The van der Waals surface area contributed by atoms with E-state index in [1.165, 1.54) is 0 Å². The van der Waals surface area contributed by atoms with Crippen molar-refractivity contribution in [1.29, 1.82) is 0 Å². The van der Waals surface area contributed by atoms with E-state index in [-0.39, 0.29) is 0 Å². The van der Waals surface area contributed by atoms with Crippen molar-refractivity contribution in [2.24, 2.45) is 0 Å². The molecule has 5 aromatic carbocycles. The smallest absolute Gasteiger partial charge is 0.164 e. The first kappa shape index (κ1) is 26.8. The van der Waals surface area contributed by atoms with Gasteiger partial charge in [-0.25, -0.2) is 15.0 Å². The summed E-state index contributed by atoms with van der Waals surface area (Å²) in [6, 6.07) is 46.8. The quantitative estimate of drug-likeness (QED) is 0.195. The van der Waals surface area contributed by atoms with E-state index in [1.807, 2.05) is 103 Å². The van der Waals surface area contributed by atoms with Crippen LogP contribution in [0.5, 0.6) is 0 Å². The summed E-state index contributed by atoms with van der Waals surface area (Å²) in [5.41, 5.74) is 8.03. The Bertz CT molecular complexity index is 2520. The fourth-order valence-corrected chi connectivity index (χ4v) is 6.26. The molecule has 9 rings (SSSR count). The molecule has 220 valence electrons. The van der Waals surface area contributed by atoms with E-state index < -0.39 is 0 Å². The summed E-state index contributed by atoms with van der Waals surface area (Å²) < 4.78 is 6.20. The third-order valence-corrected chi connectivity index (χ3v) is 8.44. The monoisotopic (exact) mass is 603 g/mol. The molecule has 0 radical (unpaired) electrons. The number of aromatic nitrogens is 5. The number of para-hydroxylation sites is 1. The first-order chi connectivity index (χ1) is 23.3. The van der Waals surface area contributed by atoms with Crippen molar-refractivity contribution in [3.63, 3.8) is 0 Å². The highest BCUT2D eigenvalue weighted by molar-refractivity contribution is 6.15. The van der Waals surface area contributed by atoms with E-state index in [2.05, 4.69) is 42.5 Å². The summed E-state index contributed by atoms with van der Waals surface area (Å²) in [4.78, 5) is 24.6. The average Bonchev–Trinajstić information content (AvgIpc) is 3.54. The molecular formula is C41H25N5O. The fraction of sp³-hybridized carbons (Fsp3) is 0. The van der Waals surface area contributed by atoms with Crippen LogP contribution in [0.2, 0.25) is 0 Å². The van der Waals surface area contributed by atoms with Crippen LogP contribution < -0.4 is 0 Å². The fourth-order valence-electron chi connectivity index (χ4n) is 6.26. The lowest BCUT2D eigenvalue weighted by Gasteiger charge is -2.13. The van der Waals surface area contributed by atoms with Gasteiger partial charge in [0.2, 0.25) is 0 Å². The molecule has 0 bridgehead atoms. The van der Waals surface area contributed by atoms with Crippen molar-refractivity contribution < 1.29 is 4.42 Å². The number of pyridine rings is 2. The Kier molecular flexibility index (Phi) is 6.35. The van der Waals surface area contributed by atoms with Gasteiger partial charge in [-0.05, 0) is 40.8 Å². The van der Waals surface area contributed by atoms with Crippen molar-refractivity contribution in [2.75, 3.05) is 0 Å². The molecule has 47 heavy (non-hydrogen) atoms. The molecular weight excluding hydrogens is 578 g/mol.